The number of aromatic nitrogens is 1. The molecule has 30 heavy (non-hydrogen) atoms. The van der Waals surface area contributed by atoms with Gasteiger partial charge in [0.1, 0.15) is 0 Å². The summed E-state index contributed by atoms with van der Waals surface area (Å²) in [5.41, 5.74) is 4.65. The summed E-state index contributed by atoms with van der Waals surface area (Å²) >= 11 is 0. The fraction of sp³-hybridized carbons (Fsp3) is 0.360. The molecule has 4 rings (SSSR count). The molecule has 0 saturated carbocycles. The second-order valence-electron chi connectivity index (χ2n) is 8.31. The average Bonchev–Trinajstić information content (AvgIpc) is 2.73. The van der Waals surface area contributed by atoms with E-state index in [2.05, 4.69) is 17.0 Å². The number of aryl methyl sites for hydroxylation is 2. The molecule has 0 N–H and O–H groups in total. The Labute approximate surface area is 178 Å². The number of benzene rings is 2. The number of morpholine rings is 1. The van der Waals surface area contributed by atoms with Gasteiger partial charge in [-0.1, -0.05) is 48.5 Å². The molecule has 1 fully saturated rings. The van der Waals surface area contributed by atoms with Crippen LogP contribution in [-0.2, 0) is 4.74 Å². The second kappa shape index (κ2) is 8.54. The van der Waals surface area contributed by atoms with Crippen molar-refractivity contribution in [3.8, 4) is 0 Å². The van der Waals surface area contributed by atoms with Crippen molar-refractivity contribution in [1.29, 1.82) is 0 Å². The Hall–Kier alpha value is -2.76. The van der Waals surface area contributed by atoms with Crippen LogP contribution in [0.1, 0.15) is 33.2 Å². The predicted octanol–water partition coefficient (Wildman–Crippen LogP) is 4.00. The van der Waals surface area contributed by atoms with Gasteiger partial charge in [0.05, 0.1) is 29.8 Å². The van der Waals surface area contributed by atoms with Gasteiger partial charge in [0, 0.05) is 24.2 Å². The minimum absolute atomic E-state index is 0.0389. The van der Waals surface area contributed by atoms with Gasteiger partial charge in [-0.3, -0.25) is 9.78 Å². The van der Waals surface area contributed by atoms with Gasteiger partial charge in [-0.2, -0.15) is 0 Å². The third kappa shape index (κ3) is 3.95. The number of carbonyl (C=O) groups is 1. The standard InChI is InChI=1S/C25H29N3O2/c1-17-9-8-12-20-21(15-18(2)26-23(17)20)25(29)28-13-14-30-22(16-27(3)4)24(28)19-10-6-5-7-11-19/h5-12,15,22,24H,13-14,16H2,1-4H3/t22-,24-/m0/s1. The van der Waals surface area contributed by atoms with E-state index in [1.54, 1.807) is 0 Å². The Bertz CT molecular complexity index is 1050. The number of nitrogens with zero attached hydrogens (tertiary/aromatic N) is 3. The third-order valence-electron chi connectivity index (χ3n) is 5.70. The highest BCUT2D eigenvalue weighted by Crippen LogP contribution is 2.33. The molecule has 2 aromatic carbocycles. The molecule has 0 spiro atoms. The van der Waals surface area contributed by atoms with E-state index in [4.69, 9.17) is 9.72 Å². The Morgan fingerprint density at radius 1 is 1.13 bits per heavy atom. The van der Waals surface area contributed by atoms with E-state index in [9.17, 15) is 4.79 Å². The van der Waals surface area contributed by atoms with Gasteiger partial charge in [-0.15, -0.1) is 0 Å². The summed E-state index contributed by atoms with van der Waals surface area (Å²) in [4.78, 5) is 22.7. The Balaban J connectivity index is 1.80. The summed E-state index contributed by atoms with van der Waals surface area (Å²) in [5.74, 6) is 0.0389. The Kier molecular flexibility index (Phi) is 5.84. The topological polar surface area (TPSA) is 45.7 Å². The lowest BCUT2D eigenvalue weighted by Crippen LogP contribution is -2.51. The Morgan fingerprint density at radius 2 is 1.90 bits per heavy atom. The summed E-state index contributed by atoms with van der Waals surface area (Å²) in [6, 6.07) is 18.0. The maximum Gasteiger partial charge on any atom is 0.255 e. The monoisotopic (exact) mass is 403 g/mol. The number of carbonyl (C=O) groups excluding carboxylic acids is 1. The number of para-hydroxylation sites is 1. The van der Waals surface area contributed by atoms with Crippen LogP contribution in [-0.4, -0.2) is 60.6 Å². The van der Waals surface area contributed by atoms with Crippen molar-refractivity contribution in [2.45, 2.75) is 26.0 Å². The smallest absolute Gasteiger partial charge is 0.255 e. The molecule has 1 aliphatic heterocycles. The van der Waals surface area contributed by atoms with Crippen LogP contribution >= 0.6 is 0 Å². The predicted molar refractivity (Wildman–Crippen MR) is 120 cm³/mol. The molecular weight excluding hydrogens is 374 g/mol. The van der Waals surface area contributed by atoms with Crippen LogP contribution in [0, 0.1) is 13.8 Å². The minimum atomic E-state index is -0.136. The quantitative estimate of drug-likeness (QED) is 0.661. The first-order valence-corrected chi connectivity index (χ1v) is 10.4. The molecule has 5 nitrogen and oxygen atoms in total. The molecule has 0 radical (unpaired) electrons. The van der Waals surface area contributed by atoms with Gasteiger partial charge in [-0.05, 0) is 45.1 Å². The maximum absolute atomic E-state index is 13.9. The Morgan fingerprint density at radius 3 is 2.63 bits per heavy atom. The largest absolute Gasteiger partial charge is 0.373 e. The van der Waals surface area contributed by atoms with Crippen LogP contribution < -0.4 is 0 Å². The number of amides is 1. The summed E-state index contributed by atoms with van der Waals surface area (Å²) in [5, 5.41) is 0.910. The number of pyridine rings is 1. The van der Waals surface area contributed by atoms with Gasteiger partial charge in [0.2, 0.25) is 0 Å². The van der Waals surface area contributed by atoms with Crippen molar-refractivity contribution in [2.24, 2.45) is 0 Å². The normalized spacial score (nSPS) is 19.4. The van der Waals surface area contributed by atoms with Gasteiger partial charge in [0.25, 0.3) is 5.91 Å². The van der Waals surface area contributed by atoms with E-state index in [1.165, 1.54) is 0 Å². The zero-order valence-electron chi connectivity index (χ0n) is 18.1. The van der Waals surface area contributed by atoms with Crippen molar-refractivity contribution in [1.82, 2.24) is 14.8 Å². The lowest BCUT2D eigenvalue weighted by molar-refractivity contribution is -0.0684. The highest BCUT2D eigenvalue weighted by atomic mass is 16.5. The zero-order valence-corrected chi connectivity index (χ0v) is 18.1. The minimum Gasteiger partial charge on any atom is -0.373 e. The molecule has 0 aliphatic carbocycles. The lowest BCUT2D eigenvalue weighted by Gasteiger charge is -2.42. The number of fused-ring (bicyclic) bond motifs is 1. The second-order valence-corrected chi connectivity index (χ2v) is 8.31. The molecule has 2 heterocycles. The van der Waals surface area contributed by atoms with Crippen molar-refractivity contribution in [3.63, 3.8) is 0 Å². The molecule has 1 amide bonds. The molecule has 1 aliphatic rings. The molecule has 0 bridgehead atoms. The van der Waals surface area contributed by atoms with Crippen molar-refractivity contribution in [2.75, 3.05) is 33.8 Å². The SMILES string of the molecule is Cc1cc(C(=O)N2CCO[C@@H](CN(C)C)[C@@H]2c2ccccc2)c2cccc(C)c2n1. The molecule has 2 atom stereocenters. The molecular formula is C25H29N3O2. The van der Waals surface area contributed by atoms with Crippen LogP contribution in [0.25, 0.3) is 10.9 Å². The first kappa shape index (κ1) is 20.5. The first-order chi connectivity index (χ1) is 14.5. The van der Waals surface area contributed by atoms with Gasteiger partial charge in [-0.25, -0.2) is 0 Å². The molecule has 5 heteroatoms. The van der Waals surface area contributed by atoms with Crippen LogP contribution in [0.2, 0.25) is 0 Å². The number of ether oxygens (including phenoxy) is 1. The molecule has 156 valence electrons. The fourth-order valence-corrected chi connectivity index (χ4v) is 4.37. The third-order valence-corrected chi connectivity index (χ3v) is 5.70. The summed E-state index contributed by atoms with van der Waals surface area (Å²) in [6.45, 7) is 5.84. The lowest BCUT2D eigenvalue weighted by atomic mass is 9.95. The highest BCUT2D eigenvalue weighted by Gasteiger charge is 2.37. The first-order valence-electron chi connectivity index (χ1n) is 10.4. The van der Waals surface area contributed by atoms with E-state index in [1.807, 2.05) is 75.3 Å². The highest BCUT2D eigenvalue weighted by molar-refractivity contribution is 6.07. The number of hydrogen-bond donors (Lipinski definition) is 0. The molecule has 3 aromatic rings. The van der Waals surface area contributed by atoms with Crippen LogP contribution in [0.3, 0.4) is 0 Å². The van der Waals surface area contributed by atoms with Crippen LogP contribution in [0.5, 0.6) is 0 Å². The average molecular weight is 404 g/mol. The van der Waals surface area contributed by atoms with Gasteiger partial charge >= 0.3 is 0 Å². The maximum atomic E-state index is 13.9. The summed E-state index contributed by atoms with van der Waals surface area (Å²) in [7, 11) is 4.07. The van der Waals surface area contributed by atoms with Crippen molar-refractivity contribution in [3.05, 3.63) is 77.0 Å². The van der Waals surface area contributed by atoms with E-state index in [0.29, 0.717) is 18.7 Å². The van der Waals surface area contributed by atoms with Gasteiger partial charge < -0.3 is 14.5 Å². The summed E-state index contributed by atoms with van der Waals surface area (Å²) in [6.07, 6.45) is -0.0870. The van der Waals surface area contributed by atoms with E-state index in [0.717, 1.165) is 34.3 Å². The fourth-order valence-electron chi connectivity index (χ4n) is 4.37. The van der Waals surface area contributed by atoms with E-state index < -0.39 is 0 Å². The van der Waals surface area contributed by atoms with E-state index >= 15 is 0 Å². The van der Waals surface area contributed by atoms with E-state index in [-0.39, 0.29) is 18.1 Å². The van der Waals surface area contributed by atoms with Gasteiger partial charge in [0.15, 0.2) is 0 Å². The number of likely N-dealkylation sites (N-methyl/N-ethyl adjacent to an activating group) is 1. The van der Waals surface area contributed by atoms with Crippen LogP contribution in [0.4, 0.5) is 0 Å². The van der Waals surface area contributed by atoms with Crippen molar-refractivity contribution < 1.29 is 9.53 Å². The van der Waals surface area contributed by atoms with Crippen molar-refractivity contribution >= 4 is 16.8 Å². The molecule has 1 aromatic heterocycles. The summed E-state index contributed by atoms with van der Waals surface area (Å²) < 4.78 is 6.15. The van der Waals surface area contributed by atoms with Crippen LogP contribution in [0.15, 0.2) is 54.6 Å². The molecule has 0 unspecified atom stereocenters. The number of hydrogen-bond acceptors (Lipinski definition) is 4. The zero-order chi connectivity index (χ0) is 21.3. The molecule has 1 saturated heterocycles. The number of rotatable bonds is 4.